The maximum absolute atomic E-state index is 11.8. The van der Waals surface area contributed by atoms with Crippen LogP contribution in [0.1, 0.15) is 0 Å². The number of para-hydroxylation sites is 2. The van der Waals surface area contributed by atoms with Gasteiger partial charge in [-0.05, 0) is 6.07 Å². The molecule has 0 saturated carbocycles. The second-order valence-electron chi connectivity index (χ2n) is 2.85. The van der Waals surface area contributed by atoms with Crippen LogP contribution in [-0.2, 0) is 0 Å². The zero-order valence-electron chi connectivity index (χ0n) is 8.12. The highest BCUT2D eigenvalue weighted by molar-refractivity contribution is 5.91. The van der Waals surface area contributed by atoms with E-state index in [1.165, 1.54) is 12.1 Å². The summed E-state index contributed by atoms with van der Waals surface area (Å²) in [4.78, 5) is 20.5. The molecule has 9 heteroatoms. The van der Waals surface area contributed by atoms with Gasteiger partial charge in [-0.2, -0.15) is 13.2 Å². The lowest BCUT2D eigenvalue weighted by Gasteiger charge is -2.09. The van der Waals surface area contributed by atoms with E-state index in [0.29, 0.717) is 5.32 Å². The van der Waals surface area contributed by atoms with Crippen LogP contribution in [0.2, 0.25) is 0 Å². The number of rotatable bonds is 2. The minimum atomic E-state index is -4.90. The fraction of sp³-hybridized carbons (Fsp3) is 0.125. The van der Waals surface area contributed by atoms with Crippen LogP contribution in [-0.4, -0.2) is 17.3 Å². The number of carbonyl (C=O) groups excluding carboxylic acids is 1. The molecular weight excluding hydrogens is 243 g/mol. The van der Waals surface area contributed by atoms with E-state index in [4.69, 9.17) is 0 Å². The largest absolute Gasteiger partial charge is 0.485 e. The molecule has 0 bridgehead atoms. The first-order valence-corrected chi connectivity index (χ1v) is 4.19. The van der Waals surface area contributed by atoms with Crippen molar-refractivity contribution >= 4 is 17.4 Å². The van der Waals surface area contributed by atoms with Crippen LogP contribution in [0.5, 0.6) is 0 Å². The molecule has 0 aliphatic carbocycles. The van der Waals surface area contributed by atoms with Gasteiger partial charge in [0.1, 0.15) is 5.69 Å². The number of nitrogens with one attached hydrogen (secondary N) is 2. The Hall–Kier alpha value is -2.32. The van der Waals surface area contributed by atoms with Crippen LogP contribution in [0, 0.1) is 10.1 Å². The third kappa shape index (κ3) is 3.97. The van der Waals surface area contributed by atoms with Crippen LogP contribution in [0.25, 0.3) is 0 Å². The summed E-state index contributed by atoms with van der Waals surface area (Å²) >= 11 is 0. The number of benzene rings is 1. The number of alkyl halides is 3. The summed E-state index contributed by atoms with van der Waals surface area (Å²) in [5, 5.41) is 12.9. The molecule has 1 aromatic carbocycles. The van der Waals surface area contributed by atoms with Crippen molar-refractivity contribution in [2.45, 2.75) is 6.30 Å². The van der Waals surface area contributed by atoms with Gasteiger partial charge in [0.05, 0.1) is 4.92 Å². The highest BCUT2D eigenvalue weighted by Gasteiger charge is 2.30. The molecule has 0 atom stereocenters. The van der Waals surface area contributed by atoms with Crippen LogP contribution in [0.4, 0.5) is 29.3 Å². The molecule has 6 nitrogen and oxygen atoms in total. The van der Waals surface area contributed by atoms with Gasteiger partial charge in [-0.25, -0.2) is 10.1 Å². The van der Waals surface area contributed by atoms with Gasteiger partial charge in [0.25, 0.3) is 5.69 Å². The lowest BCUT2D eigenvalue weighted by molar-refractivity contribution is -0.383. The summed E-state index contributed by atoms with van der Waals surface area (Å²) in [6.45, 7) is 0. The fourth-order valence-electron chi connectivity index (χ4n) is 1.02. The van der Waals surface area contributed by atoms with E-state index in [0.717, 1.165) is 12.1 Å². The summed E-state index contributed by atoms with van der Waals surface area (Å²) in [6.07, 6.45) is -4.90. The number of halogens is 3. The highest BCUT2D eigenvalue weighted by atomic mass is 19.4. The minimum absolute atomic E-state index is 0.320. The number of nitrogens with zero attached hydrogens (tertiary/aromatic N) is 1. The molecule has 0 unspecified atom stereocenters. The average molecular weight is 249 g/mol. The lowest BCUT2D eigenvalue weighted by atomic mass is 10.3. The Morgan fingerprint density at radius 3 is 2.41 bits per heavy atom. The highest BCUT2D eigenvalue weighted by Crippen LogP contribution is 2.23. The predicted molar refractivity (Wildman–Crippen MR) is 51.3 cm³/mol. The van der Waals surface area contributed by atoms with Gasteiger partial charge in [0.15, 0.2) is 0 Å². The number of hydrogen-bond donors (Lipinski definition) is 2. The number of urea groups is 1. The van der Waals surface area contributed by atoms with E-state index in [2.05, 4.69) is 0 Å². The second-order valence-corrected chi connectivity index (χ2v) is 2.85. The minimum Gasteiger partial charge on any atom is -0.302 e. The maximum Gasteiger partial charge on any atom is 0.485 e. The molecule has 2 amide bonds. The van der Waals surface area contributed by atoms with E-state index in [1.54, 1.807) is 5.32 Å². The molecule has 0 saturated heterocycles. The van der Waals surface area contributed by atoms with Crippen LogP contribution >= 0.6 is 0 Å². The van der Waals surface area contributed by atoms with Crippen LogP contribution in [0.15, 0.2) is 24.3 Å². The van der Waals surface area contributed by atoms with Crippen molar-refractivity contribution in [1.82, 2.24) is 5.32 Å². The van der Waals surface area contributed by atoms with Gasteiger partial charge >= 0.3 is 12.3 Å². The molecule has 17 heavy (non-hydrogen) atoms. The molecule has 0 radical (unpaired) electrons. The Morgan fingerprint density at radius 1 is 1.29 bits per heavy atom. The second kappa shape index (κ2) is 4.68. The van der Waals surface area contributed by atoms with Crippen molar-refractivity contribution in [2.24, 2.45) is 0 Å². The van der Waals surface area contributed by atoms with Gasteiger partial charge in [-0.3, -0.25) is 10.1 Å². The van der Waals surface area contributed by atoms with Crippen molar-refractivity contribution in [3.8, 4) is 0 Å². The fourth-order valence-corrected chi connectivity index (χ4v) is 1.02. The van der Waals surface area contributed by atoms with Crippen molar-refractivity contribution in [3.63, 3.8) is 0 Å². The molecular formula is C8H6F3N3O3. The number of hydrogen-bond acceptors (Lipinski definition) is 3. The van der Waals surface area contributed by atoms with Gasteiger partial charge in [-0.1, -0.05) is 12.1 Å². The van der Waals surface area contributed by atoms with Gasteiger partial charge in [0, 0.05) is 6.07 Å². The third-order valence-electron chi connectivity index (χ3n) is 1.60. The van der Waals surface area contributed by atoms with Gasteiger partial charge in [0.2, 0.25) is 0 Å². The molecule has 92 valence electrons. The van der Waals surface area contributed by atoms with Gasteiger partial charge in [-0.15, -0.1) is 0 Å². The molecule has 0 aliphatic heterocycles. The molecule has 1 rings (SSSR count). The zero-order chi connectivity index (χ0) is 13.1. The molecule has 0 spiro atoms. The summed E-state index contributed by atoms with van der Waals surface area (Å²) in [5.74, 6) is 0. The van der Waals surface area contributed by atoms with Crippen molar-refractivity contribution in [2.75, 3.05) is 5.32 Å². The topological polar surface area (TPSA) is 84.3 Å². The van der Waals surface area contributed by atoms with E-state index in [-0.39, 0.29) is 5.69 Å². The van der Waals surface area contributed by atoms with E-state index in [1.807, 2.05) is 0 Å². The summed E-state index contributed by atoms with van der Waals surface area (Å²) < 4.78 is 35.3. The number of carbonyl (C=O) groups is 1. The first kappa shape index (κ1) is 12.7. The normalized spacial score (nSPS) is 10.8. The van der Waals surface area contributed by atoms with Crippen LogP contribution < -0.4 is 10.6 Å². The molecule has 0 fully saturated rings. The first-order valence-electron chi connectivity index (χ1n) is 4.19. The van der Waals surface area contributed by atoms with Crippen LogP contribution in [0.3, 0.4) is 0 Å². The maximum atomic E-state index is 11.8. The summed E-state index contributed by atoms with van der Waals surface area (Å²) in [7, 11) is 0. The number of nitro groups is 1. The summed E-state index contributed by atoms with van der Waals surface area (Å²) in [6, 6.07) is 3.25. The number of amides is 2. The Morgan fingerprint density at radius 2 is 1.88 bits per heavy atom. The third-order valence-corrected chi connectivity index (χ3v) is 1.60. The van der Waals surface area contributed by atoms with Gasteiger partial charge < -0.3 is 5.32 Å². The Bertz CT molecular complexity index is 447. The summed E-state index contributed by atoms with van der Waals surface area (Å²) in [5.41, 5.74) is -0.816. The average Bonchev–Trinajstić information content (AvgIpc) is 2.14. The SMILES string of the molecule is O=C(Nc1ccccc1[N+](=O)[O-])NC(F)(F)F. The first-order chi connectivity index (χ1) is 7.79. The molecule has 0 heterocycles. The monoisotopic (exact) mass is 249 g/mol. The Kier molecular flexibility index (Phi) is 3.51. The lowest BCUT2D eigenvalue weighted by Crippen LogP contribution is -2.40. The molecule has 2 N–H and O–H groups in total. The quantitative estimate of drug-likeness (QED) is 0.479. The van der Waals surface area contributed by atoms with Crippen molar-refractivity contribution in [1.29, 1.82) is 0 Å². The van der Waals surface area contributed by atoms with E-state index < -0.39 is 22.9 Å². The van der Waals surface area contributed by atoms with Crippen molar-refractivity contribution < 1.29 is 22.9 Å². The number of anilines is 1. The molecule has 0 aromatic heterocycles. The molecule has 1 aromatic rings. The standard InChI is InChI=1S/C8H6F3N3O3/c9-8(10,11)13-7(15)12-5-3-1-2-4-6(5)14(16)17/h1-4H,(H2,12,13,15). The Labute approximate surface area is 92.6 Å². The predicted octanol–water partition coefficient (Wildman–Crippen LogP) is 2.24. The smallest absolute Gasteiger partial charge is 0.302 e. The number of nitro benzene ring substituents is 1. The zero-order valence-corrected chi connectivity index (χ0v) is 8.12. The molecule has 0 aliphatic rings. The van der Waals surface area contributed by atoms with E-state index >= 15 is 0 Å². The van der Waals surface area contributed by atoms with E-state index in [9.17, 15) is 28.1 Å². The Balaban J connectivity index is 2.82. The van der Waals surface area contributed by atoms with Crippen molar-refractivity contribution in [3.05, 3.63) is 34.4 Å².